The van der Waals surface area contributed by atoms with E-state index in [9.17, 15) is 26.7 Å². The standard InChI is InChI=1S/C11H20F3NO3S/c1-9(2,3)5-7-19(17,18)15-6-4-10(16,8-15)11(12,13)14/h16H,4-8H2,1-3H3. The van der Waals surface area contributed by atoms with Crippen LogP contribution in [0.1, 0.15) is 33.6 Å². The van der Waals surface area contributed by atoms with Crippen molar-refractivity contribution in [2.45, 2.75) is 45.4 Å². The van der Waals surface area contributed by atoms with Gasteiger partial charge in [-0.25, -0.2) is 8.42 Å². The van der Waals surface area contributed by atoms with Gasteiger partial charge in [0.1, 0.15) is 0 Å². The van der Waals surface area contributed by atoms with Gasteiger partial charge in [-0.15, -0.1) is 0 Å². The van der Waals surface area contributed by atoms with Gasteiger partial charge in [0.15, 0.2) is 5.60 Å². The van der Waals surface area contributed by atoms with E-state index < -0.39 is 34.8 Å². The Morgan fingerprint density at radius 3 is 2.16 bits per heavy atom. The van der Waals surface area contributed by atoms with Crippen LogP contribution in [0.5, 0.6) is 0 Å². The molecule has 0 amide bonds. The van der Waals surface area contributed by atoms with Crippen LogP contribution >= 0.6 is 0 Å². The summed E-state index contributed by atoms with van der Waals surface area (Å²) in [6.45, 7) is 4.39. The van der Waals surface area contributed by atoms with E-state index in [1.165, 1.54) is 0 Å². The summed E-state index contributed by atoms with van der Waals surface area (Å²) >= 11 is 0. The third-order valence-electron chi connectivity index (χ3n) is 3.24. The van der Waals surface area contributed by atoms with Crippen molar-refractivity contribution in [1.29, 1.82) is 0 Å². The zero-order chi connectivity index (χ0) is 15.1. The predicted octanol–water partition coefficient (Wildman–Crippen LogP) is 1.75. The van der Waals surface area contributed by atoms with E-state index in [2.05, 4.69) is 0 Å². The highest BCUT2D eigenvalue weighted by molar-refractivity contribution is 7.89. The van der Waals surface area contributed by atoms with Crippen LogP contribution in [0.3, 0.4) is 0 Å². The number of β-amino-alcohol motifs (C(OH)–C–C–N with tert-alkyl or cyclic N) is 1. The van der Waals surface area contributed by atoms with Gasteiger partial charge in [-0.05, 0) is 11.8 Å². The highest BCUT2D eigenvalue weighted by Crippen LogP contribution is 2.38. The number of rotatable bonds is 3. The van der Waals surface area contributed by atoms with Crippen molar-refractivity contribution < 1.29 is 26.7 Å². The molecule has 0 saturated carbocycles. The summed E-state index contributed by atoms with van der Waals surface area (Å²) in [6.07, 6.45) is -5.05. The third kappa shape index (κ3) is 4.06. The van der Waals surface area contributed by atoms with Gasteiger partial charge >= 0.3 is 6.18 Å². The van der Waals surface area contributed by atoms with Crippen LogP contribution in [-0.4, -0.2) is 48.4 Å². The minimum Gasteiger partial charge on any atom is -0.379 e. The SMILES string of the molecule is CC(C)(C)CCS(=O)(=O)N1CCC(O)(C(F)(F)F)C1. The molecule has 0 aromatic carbocycles. The lowest BCUT2D eigenvalue weighted by atomic mass is 9.94. The Morgan fingerprint density at radius 1 is 1.26 bits per heavy atom. The zero-order valence-corrected chi connectivity index (χ0v) is 12.1. The number of hydrogen-bond donors (Lipinski definition) is 1. The van der Waals surface area contributed by atoms with Crippen molar-refractivity contribution >= 4 is 10.0 Å². The fourth-order valence-corrected chi connectivity index (χ4v) is 3.70. The molecule has 0 aromatic rings. The van der Waals surface area contributed by atoms with E-state index in [-0.39, 0.29) is 17.7 Å². The second-order valence-corrected chi connectivity index (χ2v) is 8.33. The molecule has 1 unspecified atom stereocenters. The molecule has 1 aliphatic rings. The Labute approximate surface area is 111 Å². The van der Waals surface area contributed by atoms with E-state index in [1.54, 1.807) is 0 Å². The van der Waals surface area contributed by atoms with Crippen LogP contribution in [0.2, 0.25) is 0 Å². The van der Waals surface area contributed by atoms with Crippen molar-refractivity contribution in [3.63, 3.8) is 0 Å². The molecule has 1 N–H and O–H groups in total. The minimum atomic E-state index is -4.80. The van der Waals surface area contributed by atoms with Gasteiger partial charge in [-0.1, -0.05) is 20.8 Å². The van der Waals surface area contributed by atoms with E-state index >= 15 is 0 Å². The molecule has 0 bridgehead atoms. The normalized spacial score (nSPS) is 26.9. The van der Waals surface area contributed by atoms with Crippen LogP contribution in [0.4, 0.5) is 13.2 Å². The first kappa shape index (κ1) is 16.7. The Balaban J connectivity index is 2.74. The van der Waals surface area contributed by atoms with Crippen molar-refractivity contribution in [3.8, 4) is 0 Å². The van der Waals surface area contributed by atoms with Crippen molar-refractivity contribution in [1.82, 2.24) is 4.31 Å². The van der Waals surface area contributed by atoms with Crippen LogP contribution in [0.25, 0.3) is 0 Å². The van der Waals surface area contributed by atoms with Crippen molar-refractivity contribution in [2.75, 3.05) is 18.8 Å². The summed E-state index contributed by atoms with van der Waals surface area (Å²) in [4.78, 5) is 0. The van der Waals surface area contributed by atoms with Crippen LogP contribution in [0.15, 0.2) is 0 Å². The van der Waals surface area contributed by atoms with Crippen molar-refractivity contribution in [3.05, 3.63) is 0 Å². The second kappa shape index (κ2) is 4.89. The topological polar surface area (TPSA) is 57.6 Å². The summed E-state index contributed by atoms with van der Waals surface area (Å²) in [5.74, 6) is -0.204. The van der Waals surface area contributed by atoms with Crippen molar-refractivity contribution in [2.24, 2.45) is 5.41 Å². The van der Waals surface area contributed by atoms with Gasteiger partial charge in [-0.2, -0.15) is 17.5 Å². The Bertz CT molecular complexity index is 427. The molecule has 0 aliphatic carbocycles. The van der Waals surface area contributed by atoms with Crippen LogP contribution in [-0.2, 0) is 10.0 Å². The number of sulfonamides is 1. The monoisotopic (exact) mass is 303 g/mol. The van der Waals surface area contributed by atoms with Gasteiger partial charge in [0, 0.05) is 13.0 Å². The lowest BCUT2D eigenvalue weighted by Gasteiger charge is -2.26. The molecule has 1 atom stereocenters. The third-order valence-corrected chi connectivity index (χ3v) is 5.06. The van der Waals surface area contributed by atoms with Gasteiger partial charge < -0.3 is 5.11 Å². The Hall–Kier alpha value is -0.340. The Kier molecular flexibility index (Phi) is 4.30. The fourth-order valence-electron chi connectivity index (χ4n) is 1.79. The summed E-state index contributed by atoms with van der Waals surface area (Å²) in [5, 5.41) is 9.46. The molecule has 8 heteroatoms. The molecule has 19 heavy (non-hydrogen) atoms. The number of aliphatic hydroxyl groups is 1. The minimum absolute atomic E-state index is 0.204. The van der Waals surface area contributed by atoms with Crippen LogP contribution < -0.4 is 0 Å². The van der Waals surface area contributed by atoms with Gasteiger partial charge in [0.25, 0.3) is 0 Å². The Morgan fingerprint density at radius 2 is 1.79 bits per heavy atom. The maximum atomic E-state index is 12.6. The average Bonchev–Trinajstić information content (AvgIpc) is 2.58. The first-order chi connectivity index (χ1) is 8.27. The van der Waals surface area contributed by atoms with Gasteiger partial charge in [0.05, 0.1) is 12.3 Å². The van der Waals surface area contributed by atoms with E-state index in [1.807, 2.05) is 20.8 Å². The average molecular weight is 303 g/mol. The molecule has 1 heterocycles. The summed E-state index contributed by atoms with van der Waals surface area (Å²) in [5.41, 5.74) is -3.13. The molecular formula is C11H20F3NO3S. The van der Waals surface area contributed by atoms with E-state index in [0.29, 0.717) is 6.42 Å². The lowest BCUT2D eigenvalue weighted by Crippen LogP contribution is -2.48. The predicted molar refractivity (Wildman–Crippen MR) is 65.1 cm³/mol. The molecule has 1 saturated heterocycles. The largest absolute Gasteiger partial charge is 0.418 e. The zero-order valence-electron chi connectivity index (χ0n) is 11.3. The lowest BCUT2D eigenvalue weighted by molar-refractivity contribution is -0.252. The van der Waals surface area contributed by atoms with E-state index in [0.717, 1.165) is 4.31 Å². The van der Waals surface area contributed by atoms with Crippen LogP contribution in [0, 0.1) is 5.41 Å². The summed E-state index contributed by atoms with van der Waals surface area (Å²) in [7, 11) is -3.75. The first-order valence-electron chi connectivity index (χ1n) is 6.04. The highest BCUT2D eigenvalue weighted by atomic mass is 32.2. The summed E-state index contributed by atoms with van der Waals surface area (Å²) in [6, 6.07) is 0. The highest BCUT2D eigenvalue weighted by Gasteiger charge is 2.58. The molecule has 0 spiro atoms. The first-order valence-corrected chi connectivity index (χ1v) is 7.65. The fraction of sp³-hybridized carbons (Fsp3) is 1.00. The molecule has 1 rings (SSSR count). The number of nitrogens with zero attached hydrogens (tertiary/aromatic N) is 1. The molecule has 1 fully saturated rings. The maximum Gasteiger partial charge on any atom is 0.418 e. The van der Waals surface area contributed by atoms with Gasteiger partial charge in [0.2, 0.25) is 10.0 Å². The number of halogens is 3. The summed E-state index contributed by atoms with van der Waals surface area (Å²) < 4.78 is 62.5. The van der Waals surface area contributed by atoms with Gasteiger partial charge in [-0.3, -0.25) is 0 Å². The smallest absolute Gasteiger partial charge is 0.379 e. The maximum absolute atomic E-state index is 12.6. The molecule has 0 aromatic heterocycles. The van der Waals surface area contributed by atoms with E-state index in [4.69, 9.17) is 0 Å². The molecule has 114 valence electrons. The second-order valence-electron chi connectivity index (χ2n) is 6.24. The molecule has 4 nitrogen and oxygen atoms in total. The molecular weight excluding hydrogens is 283 g/mol. The quantitative estimate of drug-likeness (QED) is 0.864. The number of hydrogen-bond acceptors (Lipinski definition) is 3. The number of alkyl halides is 3. The molecule has 1 aliphatic heterocycles. The molecule has 0 radical (unpaired) electrons.